The number of hydrogen-bond donors (Lipinski definition) is 2. The molecule has 0 unspecified atom stereocenters. The Hall–Kier alpha value is -1.37. The monoisotopic (exact) mass is 354 g/mol. The zero-order valence-corrected chi connectivity index (χ0v) is 12.7. The van der Waals surface area contributed by atoms with Crippen LogP contribution in [0, 0.1) is 17.4 Å². The number of anilines is 3. The van der Waals surface area contributed by atoms with Crippen LogP contribution in [0.25, 0.3) is 0 Å². The number of nitrogens with one attached hydrogen (secondary N) is 2. The average molecular weight is 354 g/mol. The topological polar surface area (TPSA) is 49.8 Å². The average Bonchev–Trinajstić information content (AvgIpc) is 2.33. The van der Waals surface area contributed by atoms with Crippen molar-refractivity contribution in [3.8, 4) is 0 Å². The van der Waals surface area contributed by atoms with Crippen LogP contribution in [-0.4, -0.2) is 17.0 Å². The van der Waals surface area contributed by atoms with Crippen molar-refractivity contribution >= 4 is 40.0 Å². The van der Waals surface area contributed by atoms with Gasteiger partial charge in [-0.15, -0.1) is 0 Å². The number of halogens is 1. The molecule has 0 atom stereocenters. The molecule has 4 nitrogen and oxygen atoms in total. The van der Waals surface area contributed by atoms with Crippen LogP contribution in [0.3, 0.4) is 0 Å². The number of aryl methyl sites for hydroxylation is 2. The second-order valence-corrected chi connectivity index (χ2v) is 5.22. The van der Waals surface area contributed by atoms with Gasteiger partial charge in [-0.05, 0) is 54.1 Å². The second kappa shape index (κ2) is 5.51. The van der Waals surface area contributed by atoms with Gasteiger partial charge < -0.3 is 10.6 Å². The molecule has 0 radical (unpaired) electrons. The maximum Gasteiger partial charge on any atom is 0.229 e. The van der Waals surface area contributed by atoms with Crippen molar-refractivity contribution in [2.75, 3.05) is 17.7 Å². The normalized spacial score (nSPS) is 10.2. The first-order chi connectivity index (χ1) is 8.58. The number of rotatable bonds is 3. The fraction of sp³-hybridized carbons (Fsp3) is 0.231. The van der Waals surface area contributed by atoms with Crippen molar-refractivity contribution in [3.63, 3.8) is 0 Å². The Morgan fingerprint density at radius 1 is 1.11 bits per heavy atom. The third kappa shape index (κ3) is 3.10. The van der Waals surface area contributed by atoms with Crippen LogP contribution in [0.15, 0.2) is 24.3 Å². The Morgan fingerprint density at radius 3 is 2.56 bits per heavy atom. The molecule has 0 aliphatic carbocycles. The highest BCUT2D eigenvalue weighted by Crippen LogP contribution is 2.20. The molecule has 2 N–H and O–H groups in total. The standard InChI is InChI=1S/C13H15IN4/c1-8-4-5-10(7-11(8)14)17-13-16-9(2)6-12(15-3)18-13/h4-7H,1-3H3,(H2,15,16,17,18). The highest BCUT2D eigenvalue weighted by Gasteiger charge is 2.03. The summed E-state index contributed by atoms with van der Waals surface area (Å²) in [6.45, 7) is 4.04. The van der Waals surface area contributed by atoms with Gasteiger partial charge in [-0.25, -0.2) is 4.98 Å². The number of hydrogen-bond acceptors (Lipinski definition) is 4. The summed E-state index contributed by atoms with van der Waals surface area (Å²) in [5.41, 5.74) is 3.19. The molecule has 18 heavy (non-hydrogen) atoms. The minimum atomic E-state index is 0.610. The van der Waals surface area contributed by atoms with E-state index in [9.17, 15) is 0 Å². The van der Waals surface area contributed by atoms with Crippen LogP contribution in [-0.2, 0) is 0 Å². The van der Waals surface area contributed by atoms with E-state index >= 15 is 0 Å². The minimum Gasteiger partial charge on any atom is -0.373 e. The molecule has 0 fully saturated rings. The summed E-state index contributed by atoms with van der Waals surface area (Å²) >= 11 is 2.32. The summed E-state index contributed by atoms with van der Waals surface area (Å²) in [6.07, 6.45) is 0. The molecule has 0 aliphatic heterocycles. The number of aromatic nitrogens is 2. The first kappa shape index (κ1) is 13.1. The highest BCUT2D eigenvalue weighted by molar-refractivity contribution is 14.1. The molecular formula is C13H15IN4. The second-order valence-electron chi connectivity index (χ2n) is 4.06. The predicted molar refractivity (Wildman–Crippen MR) is 83.5 cm³/mol. The number of benzene rings is 1. The van der Waals surface area contributed by atoms with E-state index in [4.69, 9.17) is 0 Å². The molecule has 0 saturated carbocycles. The summed E-state index contributed by atoms with van der Waals surface area (Å²) in [4.78, 5) is 8.73. The first-order valence-corrected chi connectivity index (χ1v) is 6.73. The fourth-order valence-corrected chi connectivity index (χ4v) is 2.07. The van der Waals surface area contributed by atoms with E-state index in [0.717, 1.165) is 17.2 Å². The van der Waals surface area contributed by atoms with Gasteiger partial charge in [0, 0.05) is 28.1 Å². The first-order valence-electron chi connectivity index (χ1n) is 5.65. The van der Waals surface area contributed by atoms with E-state index in [1.54, 1.807) is 0 Å². The predicted octanol–water partition coefficient (Wildman–Crippen LogP) is 3.48. The fourth-order valence-electron chi connectivity index (χ4n) is 1.55. The minimum absolute atomic E-state index is 0.610. The quantitative estimate of drug-likeness (QED) is 0.829. The van der Waals surface area contributed by atoms with Gasteiger partial charge in [0.15, 0.2) is 0 Å². The van der Waals surface area contributed by atoms with Crippen LogP contribution < -0.4 is 10.6 Å². The molecule has 5 heteroatoms. The van der Waals surface area contributed by atoms with Gasteiger partial charge in [0.05, 0.1) is 0 Å². The van der Waals surface area contributed by atoms with E-state index in [1.165, 1.54) is 9.13 Å². The van der Waals surface area contributed by atoms with Crippen molar-refractivity contribution in [2.45, 2.75) is 13.8 Å². The zero-order valence-electron chi connectivity index (χ0n) is 10.6. The molecule has 1 heterocycles. The van der Waals surface area contributed by atoms with Crippen LogP contribution in [0.2, 0.25) is 0 Å². The third-order valence-corrected chi connectivity index (χ3v) is 3.70. The Bertz CT molecular complexity index is 569. The van der Waals surface area contributed by atoms with E-state index in [0.29, 0.717) is 5.95 Å². The maximum absolute atomic E-state index is 4.36. The van der Waals surface area contributed by atoms with Gasteiger partial charge in [-0.3, -0.25) is 0 Å². The van der Waals surface area contributed by atoms with Crippen molar-refractivity contribution in [3.05, 3.63) is 39.1 Å². The van der Waals surface area contributed by atoms with Crippen molar-refractivity contribution in [1.82, 2.24) is 9.97 Å². The molecule has 94 valence electrons. The Kier molecular flexibility index (Phi) is 4.00. The number of nitrogens with zero attached hydrogens (tertiary/aromatic N) is 2. The summed E-state index contributed by atoms with van der Waals surface area (Å²) in [5, 5.41) is 6.24. The van der Waals surface area contributed by atoms with Crippen molar-refractivity contribution in [1.29, 1.82) is 0 Å². The lowest BCUT2D eigenvalue weighted by Gasteiger charge is -2.09. The largest absolute Gasteiger partial charge is 0.373 e. The van der Waals surface area contributed by atoms with Crippen LogP contribution in [0.4, 0.5) is 17.5 Å². The lowest BCUT2D eigenvalue weighted by atomic mass is 10.2. The van der Waals surface area contributed by atoms with Crippen molar-refractivity contribution in [2.24, 2.45) is 0 Å². The molecule has 0 saturated heterocycles. The van der Waals surface area contributed by atoms with Gasteiger partial charge in [0.1, 0.15) is 5.82 Å². The zero-order chi connectivity index (χ0) is 13.1. The summed E-state index contributed by atoms with van der Waals surface area (Å²) in [6, 6.07) is 8.10. The third-order valence-electron chi connectivity index (χ3n) is 2.54. The Morgan fingerprint density at radius 2 is 1.89 bits per heavy atom. The van der Waals surface area contributed by atoms with Crippen LogP contribution in [0.5, 0.6) is 0 Å². The highest BCUT2D eigenvalue weighted by atomic mass is 127. The molecule has 2 aromatic rings. The molecule has 1 aromatic carbocycles. The van der Waals surface area contributed by atoms with Crippen LogP contribution >= 0.6 is 22.6 Å². The lowest BCUT2D eigenvalue weighted by molar-refractivity contribution is 1.10. The Labute approximate surface area is 120 Å². The molecule has 1 aromatic heterocycles. The van der Waals surface area contributed by atoms with Gasteiger partial charge >= 0.3 is 0 Å². The van der Waals surface area contributed by atoms with Gasteiger partial charge in [0.25, 0.3) is 0 Å². The van der Waals surface area contributed by atoms with E-state index < -0.39 is 0 Å². The summed E-state index contributed by atoms with van der Waals surface area (Å²) in [7, 11) is 1.85. The molecule has 0 spiro atoms. The smallest absolute Gasteiger partial charge is 0.229 e. The molecule has 0 aliphatic rings. The van der Waals surface area contributed by atoms with E-state index in [-0.39, 0.29) is 0 Å². The molecule has 0 bridgehead atoms. The molecular weight excluding hydrogens is 339 g/mol. The van der Waals surface area contributed by atoms with E-state index in [2.05, 4.69) is 62.2 Å². The van der Waals surface area contributed by atoms with Gasteiger partial charge in [0.2, 0.25) is 5.95 Å². The SMILES string of the molecule is CNc1cc(C)nc(Nc2ccc(C)c(I)c2)n1. The molecule has 0 amide bonds. The lowest BCUT2D eigenvalue weighted by Crippen LogP contribution is -2.02. The van der Waals surface area contributed by atoms with E-state index in [1.807, 2.05) is 26.1 Å². The Balaban J connectivity index is 2.27. The summed E-state index contributed by atoms with van der Waals surface area (Å²) in [5.74, 6) is 1.42. The van der Waals surface area contributed by atoms with Crippen LogP contribution in [0.1, 0.15) is 11.3 Å². The molecule has 2 rings (SSSR count). The summed E-state index contributed by atoms with van der Waals surface area (Å²) < 4.78 is 1.22. The van der Waals surface area contributed by atoms with Gasteiger partial charge in [-0.1, -0.05) is 6.07 Å². The van der Waals surface area contributed by atoms with Crippen molar-refractivity contribution < 1.29 is 0 Å². The maximum atomic E-state index is 4.36. The van der Waals surface area contributed by atoms with Gasteiger partial charge in [-0.2, -0.15) is 4.98 Å².